The zero-order valence-corrected chi connectivity index (χ0v) is 5.15. The first-order valence-electron chi connectivity index (χ1n) is 3.12. The number of rotatable bonds is 2. The molecule has 0 aromatic rings. The lowest BCUT2D eigenvalue weighted by Gasteiger charge is -2.09. The molecule has 2 unspecified atom stereocenters. The van der Waals surface area contributed by atoms with Crippen molar-refractivity contribution in [1.82, 2.24) is 0 Å². The highest BCUT2D eigenvalue weighted by atomic mass is 19.1. The molecule has 1 fully saturated rings. The van der Waals surface area contributed by atoms with Crippen LogP contribution in [0.1, 0.15) is 6.42 Å². The number of alkyl halides is 2. The summed E-state index contributed by atoms with van der Waals surface area (Å²) in [6.45, 7) is -0.480. The highest BCUT2D eigenvalue weighted by molar-refractivity contribution is 4.74. The van der Waals surface area contributed by atoms with Gasteiger partial charge in [0.15, 0.2) is 0 Å². The Bertz CT molecular complexity index is 77.1. The van der Waals surface area contributed by atoms with Crippen LogP contribution >= 0.6 is 0 Å². The molecule has 0 aromatic heterocycles. The normalized spacial score (nSPS) is 35.3. The van der Waals surface area contributed by atoms with Gasteiger partial charge >= 0.3 is 0 Å². The summed E-state index contributed by atoms with van der Waals surface area (Å²) in [5.74, 6) is -0.185. The molecule has 0 aliphatic carbocycles. The molecule has 0 saturated carbocycles. The van der Waals surface area contributed by atoms with Crippen LogP contribution in [0.5, 0.6) is 0 Å². The highest BCUT2D eigenvalue weighted by Gasteiger charge is 2.27. The Morgan fingerprint density at radius 3 is 2.56 bits per heavy atom. The number of hydrogen-bond acceptors (Lipinski definition) is 1. The van der Waals surface area contributed by atoms with Crippen LogP contribution in [0.15, 0.2) is 0 Å². The topological polar surface area (TPSA) is 9.23 Å². The highest BCUT2D eigenvalue weighted by Crippen LogP contribution is 2.21. The van der Waals surface area contributed by atoms with Gasteiger partial charge in [-0.1, -0.05) is 0 Å². The van der Waals surface area contributed by atoms with Gasteiger partial charge in [-0.3, -0.25) is 4.39 Å². The van der Waals surface area contributed by atoms with Crippen LogP contribution in [-0.2, 0) is 4.74 Å². The van der Waals surface area contributed by atoms with E-state index in [4.69, 9.17) is 4.74 Å². The maximum Gasteiger partial charge on any atom is 0.116 e. The van der Waals surface area contributed by atoms with Crippen molar-refractivity contribution in [3.8, 4) is 0 Å². The molecule has 1 saturated heterocycles. The Labute approximate surface area is 53.0 Å². The third-order valence-electron chi connectivity index (χ3n) is 1.70. The molecule has 54 valence electrons. The molecule has 0 spiro atoms. The third-order valence-corrected chi connectivity index (χ3v) is 1.70. The molecule has 0 radical (unpaired) electrons. The second kappa shape index (κ2) is 3.11. The molecular formula is C6H10F2O. The lowest BCUT2D eigenvalue weighted by atomic mass is 10.1. The fourth-order valence-corrected chi connectivity index (χ4v) is 1.04. The standard InChI is InChI=1S/C6H10F2O/c7-3-5-1-2-9-6(5)4-8/h5-6H,1-4H2. The van der Waals surface area contributed by atoms with E-state index in [2.05, 4.69) is 0 Å². The minimum Gasteiger partial charge on any atom is -0.375 e. The Morgan fingerprint density at radius 2 is 2.11 bits per heavy atom. The summed E-state index contributed by atoms with van der Waals surface area (Å²) in [7, 11) is 0. The molecule has 1 heterocycles. The van der Waals surface area contributed by atoms with Gasteiger partial charge in [0.2, 0.25) is 0 Å². The number of halogens is 2. The molecule has 2 atom stereocenters. The summed E-state index contributed by atoms with van der Waals surface area (Å²) in [5.41, 5.74) is 0. The van der Waals surface area contributed by atoms with Gasteiger partial charge < -0.3 is 4.74 Å². The summed E-state index contributed by atoms with van der Waals surface area (Å²) < 4.78 is 28.6. The molecule has 0 N–H and O–H groups in total. The van der Waals surface area contributed by atoms with Crippen molar-refractivity contribution < 1.29 is 13.5 Å². The van der Waals surface area contributed by atoms with E-state index in [0.29, 0.717) is 13.0 Å². The van der Waals surface area contributed by atoms with Crippen LogP contribution < -0.4 is 0 Å². The van der Waals surface area contributed by atoms with Crippen LogP contribution in [0, 0.1) is 5.92 Å². The monoisotopic (exact) mass is 136 g/mol. The minimum absolute atomic E-state index is 0.185. The van der Waals surface area contributed by atoms with Crippen molar-refractivity contribution >= 4 is 0 Å². The van der Waals surface area contributed by atoms with E-state index in [1.54, 1.807) is 0 Å². The van der Waals surface area contributed by atoms with Crippen LogP contribution in [0.2, 0.25) is 0 Å². The summed E-state index contributed by atoms with van der Waals surface area (Å²) >= 11 is 0. The zero-order chi connectivity index (χ0) is 6.69. The van der Waals surface area contributed by atoms with Gasteiger partial charge in [-0.05, 0) is 6.42 Å². The zero-order valence-electron chi connectivity index (χ0n) is 5.15. The van der Waals surface area contributed by atoms with Crippen molar-refractivity contribution in [3.05, 3.63) is 0 Å². The van der Waals surface area contributed by atoms with E-state index in [0.717, 1.165) is 0 Å². The summed E-state index contributed by atoms with van der Waals surface area (Å²) in [4.78, 5) is 0. The average Bonchev–Trinajstić information content (AvgIpc) is 2.33. The first kappa shape index (κ1) is 6.93. The van der Waals surface area contributed by atoms with E-state index < -0.39 is 19.5 Å². The fourth-order valence-electron chi connectivity index (χ4n) is 1.04. The lowest BCUT2D eigenvalue weighted by Crippen LogP contribution is -2.19. The van der Waals surface area contributed by atoms with Gasteiger partial charge in [0.25, 0.3) is 0 Å². The van der Waals surface area contributed by atoms with Crippen molar-refractivity contribution in [2.45, 2.75) is 12.5 Å². The second-order valence-electron chi connectivity index (χ2n) is 2.27. The van der Waals surface area contributed by atoms with E-state index in [1.165, 1.54) is 0 Å². The van der Waals surface area contributed by atoms with Crippen LogP contribution in [0.25, 0.3) is 0 Å². The van der Waals surface area contributed by atoms with Gasteiger partial charge in [-0.25, -0.2) is 4.39 Å². The van der Waals surface area contributed by atoms with Crippen LogP contribution in [0.3, 0.4) is 0 Å². The lowest BCUT2D eigenvalue weighted by molar-refractivity contribution is 0.0628. The fraction of sp³-hybridized carbons (Fsp3) is 1.00. The SMILES string of the molecule is FCC1CCOC1CF. The minimum atomic E-state index is -0.547. The maximum absolute atomic E-state index is 11.9. The average molecular weight is 136 g/mol. The summed E-state index contributed by atoms with van der Waals surface area (Å²) in [6.07, 6.45) is 0.209. The molecule has 0 aromatic carbocycles. The van der Waals surface area contributed by atoms with Crippen molar-refractivity contribution in [1.29, 1.82) is 0 Å². The second-order valence-corrected chi connectivity index (χ2v) is 2.27. The van der Waals surface area contributed by atoms with Crippen LogP contribution in [-0.4, -0.2) is 26.1 Å². The van der Waals surface area contributed by atoms with E-state index in [9.17, 15) is 8.78 Å². The van der Waals surface area contributed by atoms with Gasteiger partial charge in [-0.15, -0.1) is 0 Å². The molecule has 0 bridgehead atoms. The van der Waals surface area contributed by atoms with Crippen molar-refractivity contribution in [2.24, 2.45) is 5.92 Å². The third kappa shape index (κ3) is 1.39. The predicted octanol–water partition coefficient (Wildman–Crippen LogP) is 1.33. The summed E-state index contributed by atoms with van der Waals surface area (Å²) in [5, 5.41) is 0. The molecule has 9 heavy (non-hydrogen) atoms. The van der Waals surface area contributed by atoms with E-state index in [-0.39, 0.29) is 5.92 Å². The Balaban J connectivity index is 2.32. The van der Waals surface area contributed by atoms with E-state index >= 15 is 0 Å². The molecule has 3 heteroatoms. The van der Waals surface area contributed by atoms with Gasteiger partial charge in [0, 0.05) is 12.5 Å². The first-order chi connectivity index (χ1) is 4.38. The quantitative estimate of drug-likeness (QED) is 0.556. The van der Waals surface area contributed by atoms with Crippen molar-refractivity contribution in [2.75, 3.05) is 20.0 Å². The molecule has 1 aliphatic heterocycles. The Hall–Kier alpha value is -0.180. The van der Waals surface area contributed by atoms with E-state index in [1.807, 2.05) is 0 Å². The smallest absolute Gasteiger partial charge is 0.116 e. The predicted molar refractivity (Wildman–Crippen MR) is 29.8 cm³/mol. The molecule has 1 aliphatic rings. The number of hydrogen-bond donors (Lipinski definition) is 0. The maximum atomic E-state index is 11.9. The number of ether oxygens (including phenoxy) is 1. The molecule has 0 amide bonds. The molecule has 1 rings (SSSR count). The molecular weight excluding hydrogens is 126 g/mol. The largest absolute Gasteiger partial charge is 0.375 e. The summed E-state index contributed by atoms with van der Waals surface area (Å²) in [6, 6.07) is 0. The Kier molecular flexibility index (Phi) is 2.39. The van der Waals surface area contributed by atoms with Gasteiger partial charge in [-0.2, -0.15) is 0 Å². The first-order valence-corrected chi connectivity index (χ1v) is 3.12. The van der Waals surface area contributed by atoms with Gasteiger partial charge in [0.1, 0.15) is 6.67 Å². The molecule has 1 nitrogen and oxygen atoms in total. The van der Waals surface area contributed by atoms with Crippen LogP contribution in [0.4, 0.5) is 8.78 Å². The Morgan fingerprint density at radius 1 is 1.33 bits per heavy atom. The van der Waals surface area contributed by atoms with Crippen molar-refractivity contribution in [3.63, 3.8) is 0 Å². The van der Waals surface area contributed by atoms with Gasteiger partial charge in [0.05, 0.1) is 12.8 Å².